The normalized spacial score (nSPS) is 16.9. The molecular formula is C20H32N4O4S. The Bertz CT molecular complexity index is 808. The average molecular weight is 425 g/mol. The first-order valence-corrected chi connectivity index (χ1v) is 11.5. The number of hydrogen-bond donors (Lipinski definition) is 1. The first-order chi connectivity index (χ1) is 13.6. The Morgan fingerprint density at radius 1 is 1.10 bits per heavy atom. The van der Waals surface area contributed by atoms with E-state index in [9.17, 15) is 18.0 Å². The van der Waals surface area contributed by atoms with Crippen LogP contribution >= 0.6 is 0 Å². The average Bonchev–Trinajstić information content (AvgIpc) is 2.92. The third-order valence-electron chi connectivity index (χ3n) is 5.11. The Kier molecular flexibility index (Phi) is 8.18. The van der Waals surface area contributed by atoms with E-state index in [4.69, 9.17) is 0 Å². The van der Waals surface area contributed by atoms with Gasteiger partial charge >= 0.3 is 0 Å². The SMILES string of the molecule is CCC(C)NS(=O)(=O)c1ccc(C(=O)N2CCCN(CC(=O)N(C)C)CC2)cc1. The first kappa shape index (κ1) is 23.3. The predicted molar refractivity (Wildman–Crippen MR) is 112 cm³/mol. The fourth-order valence-corrected chi connectivity index (χ4v) is 4.37. The summed E-state index contributed by atoms with van der Waals surface area (Å²) in [5, 5.41) is 0. The third kappa shape index (κ3) is 6.52. The van der Waals surface area contributed by atoms with Gasteiger partial charge < -0.3 is 9.80 Å². The molecule has 2 amide bonds. The molecule has 1 aliphatic rings. The second-order valence-electron chi connectivity index (χ2n) is 7.67. The van der Waals surface area contributed by atoms with E-state index in [1.807, 2.05) is 13.8 Å². The van der Waals surface area contributed by atoms with E-state index < -0.39 is 10.0 Å². The van der Waals surface area contributed by atoms with E-state index >= 15 is 0 Å². The summed E-state index contributed by atoms with van der Waals surface area (Å²) in [6, 6.07) is 5.91. The molecule has 1 aliphatic heterocycles. The lowest BCUT2D eigenvalue weighted by Crippen LogP contribution is -2.39. The van der Waals surface area contributed by atoms with Gasteiger partial charge in [-0.1, -0.05) is 6.92 Å². The van der Waals surface area contributed by atoms with Crippen LogP contribution in [-0.2, 0) is 14.8 Å². The lowest BCUT2D eigenvalue weighted by molar-refractivity contribution is -0.129. The number of hydrogen-bond acceptors (Lipinski definition) is 5. The van der Waals surface area contributed by atoms with Crippen molar-refractivity contribution in [2.24, 2.45) is 0 Å². The Labute approximate surface area is 173 Å². The Morgan fingerprint density at radius 2 is 1.76 bits per heavy atom. The van der Waals surface area contributed by atoms with E-state index in [-0.39, 0.29) is 22.8 Å². The molecule has 0 aromatic heterocycles. The molecular weight excluding hydrogens is 392 g/mol. The van der Waals surface area contributed by atoms with Crippen molar-refractivity contribution >= 4 is 21.8 Å². The highest BCUT2D eigenvalue weighted by atomic mass is 32.2. The van der Waals surface area contributed by atoms with E-state index in [0.29, 0.717) is 38.2 Å². The minimum absolute atomic E-state index is 0.0487. The molecule has 0 saturated carbocycles. The molecule has 1 atom stereocenters. The minimum atomic E-state index is -3.59. The predicted octanol–water partition coefficient (Wildman–Crippen LogP) is 1.000. The summed E-state index contributed by atoms with van der Waals surface area (Å²) in [6.07, 6.45) is 1.49. The molecule has 1 unspecified atom stereocenters. The number of nitrogens with zero attached hydrogens (tertiary/aromatic N) is 3. The number of likely N-dealkylation sites (N-methyl/N-ethyl adjacent to an activating group) is 1. The van der Waals surface area contributed by atoms with Gasteiger partial charge in [-0.25, -0.2) is 13.1 Å². The second-order valence-corrected chi connectivity index (χ2v) is 9.38. The van der Waals surface area contributed by atoms with Crippen molar-refractivity contribution in [1.29, 1.82) is 0 Å². The smallest absolute Gasteiger partial charge is 0.253 e. The van der Waals surface area contributed by atoms with Gasteiger partial charge in [0.05, 0.1) is 11.4 Å². The van der Waals surface area contributed by atoms with E-state index in [1.165, 1.54) is 12.1 Å². The standard InChI is InChI=1S/C20H32N4O4S/c1-5-16(2)21-29(27,28)18-9-7-17(8-10-18)20(26)24-12-6-11-23(13-14-24)15-19(25)22(3)4/h7-10,16,21H,5-6,11-15H2,1-4H3. The van der Waals surface area contributed by atoms with Gasteiger partial charge in [-0.3, -0.25) is 14.5 Å². The highest BCUT2D eigenvalue weighted by Gasteiger charge is 2.23. The molecule has 8 nitrogen and oxygen atoms in total. The topological polar surface area (TPSA) is 90.0 Å². The van der Waals surface area contributed by atoms with Crippen molar-refractivity contribution in [3.05, 3.63) is 29.8 Å². The van der Waals surface area contributed by atoms with Gasteiger partial charge in [0.1, 0.15) is 0 Å². The number of carbonyl (C=O) groups excluding carboxylic acids is 2. The highest BCUT2D eigenvalue weighted by Crippen LogP contribution is 2.14. The van der Waals surface area contributed by atoms with Crippen LogP contribution in [0.3, 0.4) is 0 Å². The van der Waals surface area contributed by atoms with E-state index in [1.54, 1.807) is 36.0 Å². The number of amides is 2. The molecule has 0 aliphatic carbocycles. The van der Waals surface area contributed by atoms with Crippen molar-refractivity contribution in [3.63, 3.8) is 0 Å². The van der Waals surface area contributed by atoms with Crippen LogP contribution in [0.4, 0.5) is 0 Å². The number of nitrogens with one attached hydrogen (secondary N) is 1. The Balaban J connectivity index is 2.01. The molecule has 1 fully saturated rings. The second kappa shape index (κ2) is 10.2. The number of rotatable bonds is 7. The molecule has 29 heavy (non-hydrogen) atoms. The van der Waals surface area contributed by atoms with Crippen LogP contribution in [0.5, 0.6) is 0 Å². The molecule has 1 aromatic rings. The van der Waals surface area contributed by atoms with Crippen LogP contribution in [-0.4, -0.2) is 87.8 Å². The van der Waals surface area contributed by atoms with Crippen LogP contribution in [0.2, 0.25) is 0 Å². The molecule has 1 N–H and O–H groups in total. The zero-order valence-corrected chi connectivity index (χ0v) is 18.5. The molecule has 0 radical (unpaired) electrons. The van der Waals surface area contributed by atoms with Crippen molar-refractivity contribution in [2.75, 3.05) is 46.8 Å². The van der Waals surface area contributed by atoms with E-state index in [0.717, 1.165) is 13.0 Å². The maximum Gasteiger partial charge on any atom is 0.253 e. The summed E-state index contributed by atoms with van der Waals surface area (Å²) in [5.41, 5.74) is 0.463. The van der Waals surface area contributed by atoms with Gasteiger partial charge in [0.25, 0.3) is 5.91 Å². The van der Waals surface area contributed by atoms with Crippen molar-refractivity contribution < 1.29 is 18.0 Å². The van der Waals surface area contributed by atoms with Gasteiger partial charge in [-0.15, -0.1) is 0 Å². The summed E-state index contributed by atoms with van der Waals surface area (Å²) in [6.45, 7) is 6.62. The summed E-state index contributed by atoms with van der Waals surface area (Å²) in [5.74, 6) is -0.0720. The monoisotopic (exact) mass is 424 g/mol. The zero-order valence-electron chi connectivity index (χ0n) is 17.7. The quantitative estimate of drug-likeness (QED) is 0.705. The largest absolute Gasteiger partial charge is 0.348 e. The van der Waals surface area contributed by atoms with E-state index in [2.05, 4.69) is 9.62 Å². The van der Waals surface area contributed by atoms with Crippen molar-refractivity contribution in [1.82, 2.24) is 19.4 Å². The van der Waals surface area contributed by atoms with Gasteiger partial charge in [-0.05, 0) is 44.0 Å². The van der Waals surface area contributed by atoms with Crippen LogP contribution in [0.25, 0.3) is 0 Å². The first-order valence-electron chi connectivity index (χ1n) is 9.98. The number of sulfonamides is 1. The molecule has 1 saturated heterocycles. The maximum absolute atomic E-state index is 12.8. The van der Waals surface area contributed by atoms with Crippen molar-refractivity contribution in [3.8, 4) is 0 Å². The van der Waals surface area contributed by atoms with Crippen LogP contribution < -0.4 is 4.72 Å². The zero-order chi connectivity index (χ0) is 21.6. The lowest BCUT2D eigenvalue weighted by atomic mass is 10.2. The lowest BCUT2D eigenvalue weighted by Gasteiger charge is -2.23. The third-order valence-corrected chi connectivity index (χ3v) is 6.72. The molecule has 0 spiro atoms. The fraction of sp³-hybridized carbons (Fsp3) is 0.600. The molecule has 2 rings (SSSR count). The summed E-state index contributed by atoms with van der Waals surface area (Å²) in [4.78, 5) is 30.3. The fourth-order valence-electron chi connectivity index (χ4n) is 3.04. The Hall–Kier alpha value is -1.97. The number of benzene rings is 1. The Morgan fingerprint density at radius 3 is 2.34 bits per heavy atom. The summed E-state index contributed by atoms with van der Waals surface area (Å²) < 4.78 is 27.3. The van der Waals surface area contributed by atoms with Gasteiger partial charge in [0.2, 0.25) is 15.9 Å². The van der Waals surface area contributed by atoms with Crippen LogP contribution in [0, 0.1) is 0 Å². The summed E-state index contributed by atoms with van der Waals surface area (Å²) in [7, 11) is -0.119. The van der Waals surface area contributed by atoms with Crippen LogP contribution in [0.1, 0.15) is 37.0 Å². The van der Waals surface area contributed by atoms with Gasteiger partial charge in [0, 0.05) is 51.9 Å². The molecule has 162 valence electrons. The molecule has 1 heterocycles. The molecule has 1 aromatic carbocycles. The number of carbonyl (C=O) groups is 2. The van der Waals surface area contributed by atoms with Gasteiger partial charge in [0.15, 0.2) is 0 Å². The minimum Gasteiger partial charge on any atom is -0.348 e. The molecule has 9 heteroatoms. The summed E-state index contributed by atoms with van der Waals surface area (Å²) >= 11 is 0. The highest BCUT2D eigenvalue weighted by molar-refractivity contribution is 7.89. The van der Waals surface area contributed by atoms with Crippen LogP contribution in [0.15, 0.2) is 29.2 Å². The van der Waals surface area contributed by atoms with Gasteiger partial charge in [-0.2, -0.15) is 0 Å². The molecule has 0 bridgehead atoms. The maximum atomic E-state index is 12.8. The van der Waals surface area contributed by atoms with Crippen molar-refractivity contribution in [2.45, 2.75) is 37.6 Å².